The highest BCUT2D eigenvalue weighted by molar-refractivity contribution is 6.30. The van der Waals surface area contributed by atoms with Gasteiger partial charge in [0.1, 0.15) is 6.61 Å². The second-order valence-electron chi connectivity index (χ2n) is 6.66. The first-order valence-corrected chi connectivity index (χ1v) is 9.49. The Bertz CT molecular complexity index is 910. The van der Waals surface area contributed by atoms with Crippen LogP contribution in [0, 0.1) is 0 Å². The van der Waals surface area contributed by atoms with Crippen LogP contribution in [0.25, 0.3) is 0 Å². The first-order chi connectivity index (χ1) is 13.2. The number of benzene rings is 3. The van der Waals surface area contributed by atoms with E-state index in [-0.39, 0.29) is 6.04 Å². The molecule has 0 spiro atoms. The molecule has 1 atom stereocenters. The van der Waals surface area contributed by atoms with Gasteiger partial charge in [0.15, 0.2) is 11.5 Å². The molecular formula is C23H22ClNO2. The zero-order chi connectivity index (χ0) is 18.6. The van der Waals surface area contributed by atoms with Gasteiger partial charge in [-0.1, -0.05) is 54.1 Å². The number of ether oxygens (including phenoxy) is 2. The monoisotopic (exact) mass is 379 g/mol. The number of fused-ring (bicyclic) bond motifs is 1. The van der Waals surface area contributed by atoms with Gasteiger partial charge in [0.25, 0.3) is 0 Å². The minimum atomic E-state index is 0.121. The van der Waals surface area contributed by atoms with E-state index in [1.807, 2.05) is 30.3 Å². The molecule has 1 unspecified atom stereocenters. The highest BCUT2D eigenvalue weighted by Crippen LogP contribution is 2.38. The van der Waals surface area contributed by atoms with Gasteiger partial charge in [-0.15, -0.1) is 0 Å². The average Bonchev–Trinajstić information content (AvgIpc) is 2.72. The van der Waals surface area contributed by atoms with E-state index in [1.54, 1.807) is 7.11 Å². The van der Waals surface area contributed by atoms with Gasteiger partial charge < -0.3 is 14.8 Å². The molecule has 3 nitrogen and oxygen atoms in total. The van der Waals surface area contributed by atoms with Crippen LogP contribution in [0.15, 0.2) is 66.7 Å². The molecule has 4 rings (SSSR count). The molecule has 138 valence electrons. The average molecular weight is 380 g/mol. The first kappa shape index (κ1) is 17.9. The maximum Gasteiger partial charge on any atom is 0.162 e. The minimum Gasteiger partial charge on any atom is -0.493 e. The van der Waals surface area contributed by atoms with Gasteiger partial charge in [0, 0.05) is 11.6 Å². The summed E-state index contributed by atoms with van der Waals surface area (Å²) in [6.07, 6.45) is 0.967. The predicted molar refractivity (Wildman–Crippen MR) is 109 cm³/mol. The summed E-state index contributed by atoms with van der Waals surface area (Å²) in [5.41, 5.74) is 4.84. The number of halogens is 1. The van der Waals surface area contributed by atoms with Crippen LogP contribution in [-0.2, 0) is 13.0 Å². The molecule has 1 N–H and O–H groups in total. The molecular weight excluding hydrogens is 358 g/mol. The molecule has 0 saturated heterocycles. The number of methoxy groups -OCH3 is 1. The van der Waals surface area contributed by atoms with Gasteiger partial charge in [-0.3, -0.25) is 0 Å². The summed E-state index contributed by atoms with van der Waals surface area (Å²) < 4.78 is 11.7. The van der Waals surface area contributed by atoms with Crippen LogP contribution >= 0.6 is 11.6 Å². The summed E-state index contributed by atoms with van der Waals surface area (Å²) in [5, 5.41) is 4.36. The first-order valence-electron chi connectivity index (χ1n) is 9.11. The van der Waals surface area contributed by atoms with E-state index in [0.717, 1.165) is 35.1 Å². The molecule has 3 aromatic carbocycles. The SMILES string of the molecule is COc1cc2c(cc1OCc1ccccc1)C(c1ccc(Cl)cc1)NCC2. The molecule has 1 aliphatic heterocycles. The van der Waals surface area contributed by atoms with E-state index in [9.17, 15) is 0 Å². The zero-order valence-electron chi connectivity index (χ0n) is 15.2. The van der Waals surface area contributed by atoms with Gasteiger partial charge in [-0.05, 0) is 52.9 Å². The van der Waals surface area contributed by atoms with E-state index in [4.69, 9.17) is 21.1 Å². The number of hydrogen-bond donors (Lipinski definition) is 1. The van der Waals surface area contributed by atoms with Gasteiger partial charge >= 0.3 is 0 Å². The predicted octanol–water partition coefficient (Wildman–Crippen LogP) is 5.16. The van der Waals surface area contributed by atoms with Crippen molar-refractivity contribution in [2.75, 3.05) is 13.7 Å². The quantitative estimate of drug-likeness (QED) is 0.664. The molecule has 3 aromatic rings. The van der Waals surface area contributed by atoms with Crippen molar-refractivity contribution in [1.29, 1.82) is 0 Å². The van der Waals surface area contributed by atoms with E-state index in [1.165, 1.54) is 16.7 Å². The standard InChI is InChI=1S/C23H22ClNO2/c1-26-21-13-18-11-12-25-23(17-7-9-19(24)10-8-17)20(18)14-22(21)27-15-16-5-3-2-4-6-16/h2-10,13-14,23,25H,11-12,15H2,1H3. The molecule has 27 heavy (non-hydrogen) atoms. The van der Waals surface area contributed by atoms with Crippen molar-refractivity contribution >= 4 is 11.6 Å². The summed E-state index contributed by atoms with van der Waals surface area (Å²) in [7, 11) is 1.69. The Morgan fingerprint density at radius 3 is 2.52 bits per heavy atom. The van der Waals surface area contributed by atoms with Crippen LogP contribution in [0.3, 0.4) is 0 Å². The Labute approximate surface area is 164 Å². The molecule has 0 amide bonds. The molecule has 0 aromatic heterocycles. The fourth-order valence-electron chi connectivity index (χ4n) is 3.52. The summed E-state index contributed by atoms with van der Waals surface area (Å²) in [5.74, 6) is 1.55. The van der Waals surface area contributed by atoms with E-state index in [0.29, 0.717) is 6.61 Å². The lowest BCUT2D eigenvalue weighted by atomic mass is 9.89. The maximum absolute atomic E-state index is 6.11. The van der Waals surface area contributed by atoms with Crippen molar-refractivity contribution < 1.29 is 9.47 Å². The van der Waals surface area contributed by atoms with Crippen LogP contribution in [0.5, 0.6) is 11.5 Å². The topological polar surface area (TPSA) is 30.5 Å². The normalized spacial score (nSPS) is 15.9. The lowest BCUT2D eigenvalue weighted by Crippen LogP contribution is -2.30. The Balaban J connectivity index is 1.66. The third-order valence-electron chi connectivity index (χ3n) is 4.92. The molecule has 0 fully saturated rings. The Hall–Kier alpha value is -2.49. The van der Waals surface area contributed by atoms with Gasteiger partial charge in [-0.25, -0.2) is 0 Å². The van der Waals surface area contributed by atoms with Crippen molar-refractivity contribution in [3.8, 4) is 11.5 Å². The minimum absolute atomic E-state index is 0.121. The number of nitrogens with one attached hydrogen (secondary N) is 1. The van der Waals surface area contributed by atoms with Crippen LogP contribution in [0.2, 0.25) is 5.02 Å². The van der Waals surface area contributed by atoms with Crippen LogP contribution in [-0.4, -0.2) is 13.7 Å². The van der Waals surface area contributed by atoms with Gasteiger partial charge in [0.05, 0.1) is 13.2 Å². The van der Waals surface area contributed by atoms with Crippen LogP contribution in [0.4, 0.5) is 0 Å². The lowest BCUT2D eigenvalue weighted by molar-refractivity contribution is 0.283. The largest absolute Gasteiger partial charge is 0.493 e. The summed E-state index contributed by atoms with van der Waals surface area (Å²) in [6.45, 7) is 1.43. The fourth-order valence-corrected chi connectivity index (χ4v) is 3.65. The van der Waals surface area contributed by atoms with Crippen LogP contribution < -0.4 is 14.8 Å². The van der Waals surface area contributed by atoms with E-state index < -0.39 is 0 Å². The Kier molecular flexibility index (Phi) is 5.33. The van der Waals surface area contributed by atoms with Crippen molar-refractivity contribution in [2.45, 2.75) is 19.1 Å². The van der Waals surface area contributed by atoms with Crippen LogP contribution in [0.1, 0.15) is 28.3 Å². The van der Waals surface area contributed by atoms with Gasteiger partial charge in [-0.2, -0.15) is 0 Å². The van der Waals surface area contributed by atoms with Gasteiger partial charge in [0.2, 0.25) is 0 Å². The Morgan fingerprint density at radius 1 is 1.00 bits per heavy atom. The summed E-state index contributed by atoms with van der Waals surface area (Å²) >= 11 is 6.06. The second kappa shape index (κ2) is 8.03. The molecule has 1 aliphatic rings. The molecule has 0 aliphatic carbocycles. The molecule has 0 bridgehead atoms. The van der Waals surface area contributed by atoms with E-state index in [2.05, 4.69) is 41.7 Å². The van der Waals surface area contributed by atoms with Crippen molar-refractivity contribution in [3.05, 3.63) is 94.0 Å². The van der Waals surface area contributed by atoms with Crippen molar-refractivity contribution in [2.24, 2.45) is 0 Å². The summed E-state index contributed by atoms with van der Waals surface area (Å²) in [4.78, 5) is 0. The molecule has 4 heteroatoms. The number of hydrogen-bond acceptors (Lipinski definition) is 3. The number of rotatable bonds is 5. The fraction of sp³-hybridized carbons (Fsp3) is 0.217. The lowest BCUT2D eigenvalue weighted by Gasteiger charge is -2.28. The second-order valence-corrected chi connectivity index (χ2v) is 7.10. The molecule has 1 heterocycles. The highest BCUT2D eigenvalue weighted by Gasteiger charge is 2.24. The third-order valence-corrected chi connectivity index (χ3v) is 5.17. The maximum atomic E-state index is 6.11. The smallest absolute Gasteiger partial charge is 0.162 e. The Morgan fingerprint density at radius 2 is 1.78 bits per heavy atom. The highest BCUT2D eigenvalue weighted by atomic mass is 35.5. The summed E-state index contributed by atoms with van der Waals surface area (Å²) in [6, 6.07) is 22.5. The van der Waals surface area contributed by atoms with Crippen molar-refractivity contribution in [1.82, 2.24) is 5.32 Å². The molecule has 0 radical (unpaired) electrons. The van der Waals surface area contributed by atoms with E-state index >= 15 is 0 Å². The van der Waals surface area contributed by atoms with Crippen molar-refractivity contribution in [3.63, 3.8) is 0 Å². The molecule has 0 saturated carbocycles. The third kappa shape index (κ3) is 3.95. The zero-order valence-corrected chi connectivity index (χ0v) is 16.0.